The maximum atomic E-state index is 14.0. The SMILES string of the molecule is COC1CCN(Cc2cc3c(c(C(F)(F)F)c2)CN(C)C3=O)CC1F. The number of hydrogen-bond donors (Lipinski definition) is 0. The molecule has 4 nitrogen and oxygen atoms in total. The van der Waals surface area contributed by atoms with Crippen molar-refractivity contribution in [3.8, 4) is 0 Å². The fourth-order valence-electron chi connectivity index (χ4n) is 3.57. The molecule has 1 saturated heterocycles. The minimum absolute atomic E-state index is 0.0187. The summed E-state index contributed by atoms with van der Waals surface area (Å²) in [6.07, 6.45) is -5.70. The van der Waals surface area contributed by atoms with E-state index in [1.54, 1.807) is 4.90 Å². The number of nitrogens with zero attached hydrogens (tertiary/aromatic N) is 2. The lowest BCUT2D eigenvalue weighted by Gasteiger charge is -2.34. The smallest absolute Gasteiger partial charge is 0.378 e. The molecule has 1 aromatic carbocycles. The van der Waals surface area contributed by atoms with E-state index in [1.165, 1.54) is 25.1 Å². The molecule has 2 atom stereocenters. The van der Waals surface area contributed by atoms with Crippen LogP contribution >= 0.6 is 0 Å². The van der Waals surface area contributed by atoms with Gasteiger partial charge in [-0.15, -0.1) is 0 Å². The molecular weight excluding hydrogens is 340 g/mol. The second-order valence-corrected chi connectivity index (χ2v) is 6.64. The first-order valence-electron chi connectivity index (χ1n) is 8.08. The number of fused-ring (bicyclic) bond motifs is 1. The van der Waals surface area contributed by atoms with Crippen molar-refractivity contribution in [1.82, 2.24) is 9.80 Å². The zero-order chi connectivity index (χ0) is 18.4. The molecule has 2 aliphatic rings. The van der Waals surface area contributed by atoms with E-state index >= 15 is 0 Å². The number of alkyl halides is 4. The molecule has 1 aromatic rings. The molecule has 2 heterocycles. The molecule has 0 N–H and O–H groups in total. The van der Waals surface area contributed by atoms with Crippen LogP contribution in [0.2, 0.25) is 0 Å². The summed E-state index contributed by atoms with van der Waals surface area (Å²) in [5.41, 5.74) is -0.292. The zero-order valence-electron chi connectivity index (χ0n) is 14.1. The van der Waals surface area contributed by atoms with Crippen LogP contribution in [0.3, 0.4) is 0 Å². The van der Waals surface area contributed by atoms with Crippen molar-refractivity contribution < 1.29 is 27.1 Å². The van der Waals surface area contributed by atoms with E-state index in [4.69, 9.17) is 4.74 Å². The molecular formula is C17H20F4N2O2. The Kier molecular flexibility index (Phi) is 4.76. The molecule has 0 saturated carbocycles. The molecule has 8 heteroatoms. The number of halogens is 4. The van der Waals surface area contributed by atoms with Gasteiger partial charge in [-0.3, -0.25) is 9.69 Å². The predicted octanol–water partition coefficient (Wildman–Crippen LogP) is 2.85. The lowest BCUT2D eigenvalue weighted by Crippen LogP contribution is -2.44. The van der Waals surface area contributed by atoms with Crippen LogP contribution in [0.5, 0.6) is 0 Å². The van der Waals surface area contributed by atoms with Gasteiger partial charge in [0, 0.05) is 45.9 Å². The fraction of sp³-hybridized carbons (Fsp3) is 0.588. The van der Waals surface area contributed by atoms with Crippen molar-refractivity contribution in [3.63, 3.8) is 0 Å². The molecule has 0 spiro atoms. The Morgan fingerprint density at radius 2 is 2.04 bits per heavy atom. The molecule has 0 aromatic heterocycles. The van der Waals surface area contributed by atoms with Crippen LogP contribution in [0.4, 0.5) is 17.6 Å². The number of amides is 1. The van der Waals surface area contributed by atoms with Crippen LogP contribution in [0, 0.1) is 0 Å². The van der Waals surface area contributed by atoms with E-state index in [1.807, 2.05) is 0 Å². The standard InChI is InChI=1S/C17H20F4N2O2/c1-22-8-12-11(16(22)24)5-10(6-13(12)17(19,20)21)7-23-4-3-15(25-2)14(18)9-23/h5-6,14-15H,3-4,7-9H2,1-2H3. The van der Waals surface area contributed by atoms with Gasteiger partial charge in [0.25, 0.3) is 5.91 Å². The Morgan fingerprint density at radius 1 is 1.32 bits per heavy atom. The van der Waals surface area contributed by atoms with Crippen LogP contribution in [0.15, 0.2) is 12.1 Å². The molecule has 0 bridgehead atoms. The van der Waals surface area contributed by atoms with E-state index in [0.29, 0.717) is 18.5 Å². The van der Waals surface area contributed by atoms with Crippen LogP contribution in [-0.2, 0) is 24.0 Å². The summed E-state index contributed by atoms with van der Waals surface area (Å²) in [4.78, 5) is 15.1. The highest BCUT2D eigenvalue weighted by Crippen LogP contribution is 2.38. The number of likely N-dealkylation sites (tertiary alicyclic amines) is 1. The van der Waals surface area contributed by atoms with Gasteiger partial charge in [-0.1, -0.05) is 0 Å². The average Bonchev–Trinajstić information content (AvgIpc) is 2.81. The monoisotopic (exact) mass is 360 g/mol. The van der Waals surface area contributed by atoms with E-state index in [-0.39, 0.29) is 30.8 Å². The van der Waals surface area contributed by atoms with E-state index in [9.17, 15) is 22.4 Å². The van der Waals surface area contributed by atoms with Crippen molar-refractivity contribution in [1.29, 1.82) is 0 Å². The second-order valence-electron chi connectivity index (χ2n) is 6.64. The Morgan fingerprint density at radius 3 is 2.64 bits per heavy atom. The van der Waals surface area contributed by atoms with Gasteiger partial charge in [-0.25, -0.2) is 4.39 Å². The number of hydrogen-bond acceptors (Lipinski definition) is 3. The van der Waals surface area contributed by atoms with Crippen molar-refractivity contribution in [2.75, 3.05) is 27.2 Å². The maximum Gasteiger partial charge on any atom is 0.416 e. The number of carbonyl (C=O) groups excluding carboxylic acids is 1. The minimum atomic E-state index is -4.53. The van der Waals surface area contributed by atoms with E-state index in [0.717, 1.165) is 6.07 Å². The van der Waals surface area contributed by atoms with Gasteiger partial charge in [-0.05, 0) is 29.7 Å². The van der Waals surface area contributed by atoms with Crippen molar-refractivity contribution >= 4 is 5.91 Å². The molecule has 25 heavy (non-hydrogen) atoms. The number of carbonyl (C=O) groups is 1. The highest BCUT2D eigenvalue weighted by atomic mass is 19.4. The summed E-state index contributed by atoms with van der Waals surface area (Å²) in [6.45, 7) is 0.759. The molecule has 0 aliphatic carbocycles. The van der Waals surface area contributed by atoms with Gasteiger partial charge >= 0.3 is 6.18 Å². The number of ether oxygens (including phenoxy) is 1. The summed E-state index contributed by atoms with van der Waals surface area (Å²) in [5.74, 6) is -0.413. The molecule has 138 valence electrons. The van der Waals surface area contributed by atoms with Crippen LogP contribution in [0.1, 0.15) is 33.5 Å². The predicted molar refractivity (Wildman–Crippen MR) is 82.8 cm³/mol. The van der Waals surface area contributed by atoms with Crippen molar-refractivity contribution in [3.05, 3.63) is 34.4 Å². The Hall–Kier alpha value is -1.67. The maximum absolute atomic E-state index is 14.0. The Balaban J connectivity index is 1.87. The third-order valence-electron chi connectivity index (χ3n) is 4.86. The summed E-state index contributed by atoms with van der Waals surface area (Å²) >= 11 is 0. The van der Waals surface area contributed by atoms with Crippen molar-refractivity contribution in [2.24, 2.45) is 0 Å². The van der Waals surface area contributed by atoms with Crippen LogP contribution in [-0.4, -0.2) is 55.2 Å². The topological polar surface area (TPSA) is 32.8 Å². The third-order valence-corrected chi connectivity index (χ3v) is 4.86. The molecule has 2 unspecified atom stereocenters. The molecule has 0 radical (unpaired) electrons. The van der Waals surface area contributed by atoms with Crippen LogP contribution < -0.4 is 0 Å². The zero-order valence-corrected chi connectivity index (χ0v) is 14.1. The molecule has 1 fully saturated rings. The van der Waals surface area contributed by atoms with E-state index in [2.05, 4.69) is 0 Å². The first-order valence-corrected chi connectivity index (χ1v) is 8.08. The first-order chi connectivity index (χ1) is 11.7. The average molecular weight is 360 g/mol. The quantitative estimate of drug-likeness (QED) is 0.777. The molecule has 2 aliphatic heterocycles. The second kappa shape index (κ2) is 6.57. The summed E-state index contributed by atoms with van der Waals surface area (Å²) in [6, 6.07) is 2.59. The van der Waals surface area contributed by atoms with Gasteiger partial charge in [0.2, 0.25) is 0 Å². The summed E-state index contributed by atoms with van der Waals surface area (Å²) in [7, 11) is 2.93. The van der Waals surface area contributed by atoms with Gasteiger partial charge in [0.1, 0.15) is 6.17 Å². The summed E-state index contributed by atoms with van der Waals surface area (Å²) in [5, 5.41) is 0. The number of piperidine rings is 1. The molecule has 1 amide bonds. The third kappa shape index (κ3) is 3.50. The Labute approximate surface area is 143 Å². The Bertz CT molecular complexity index is 677. The lowest BCUT2D eigenvalue weighted by atomic mass is 9.97. The summed E-state index contributed by atoms with van der Waals surface area (Å²) < 4.78 is 59.2. The van der Waals surface area contributed by atoms with Gasteiger partial charge in [0.05, 0.1) is 11.7 Å². The molecule has 3 rings (SSSR count). The van der Waals surface area contributed by atoms with E-state index < -0.39 is 29.9 Å². The minimum Gasteiger partial charge on any atom is -0.378 e. The number of methoxy groups -OCH3 is 1. The highest BCUT2D eigenvalue weighted by molar-refractivity contribution is 5.98. The highest BCUT2D eigenvalue weighted by Gasteiger charge is 2.39. The van der Waals surface area contributed by atoms with Gasteiger partial charge in [0.15, 0.2) is 0 Å². The lowest BCUT2D eigenvalue weighted by molar-refractivity contribution is -0.138. The number of benzene rings is 1. The normalized spacial score (nSPS) is 24.7. The number of rotatable bonds is 3. The first kappa shape index (κ1) is 18.1. The van der Waals surface area contributed by atoms with Crippen molar-refractivity contribution in [2.45, 2.75) is 38.0 Å². The van der Waals surface area contributed by atoms with Gasteiger partial charge in [-0.2, -0.15) is 13.2 Å². The fourth-order valence-corrected chi connectivity index (χ4v) is 3.57. The van der Waals surface area contributed by atoms with Gasteiger partial charge < -0.3 is 9.64 Å². The largest absolute Gasteiger partial charge is 0.416 e. The van der Waals surface area contributed by atoms with Crippen LogP contribution in [0.25, 0.3) is 0 Å².